The quantitative estimate of drug-likeness (QED) is 0.719. The molecule has 1 aliphatic heterocycles. The number of piperazine rings is 1. The molecule has 1 fully saturated rings. The van der Waals surface area contributed by atoms with E-state index in [1.54, 1.807) is 7.11 Å². The van der Waals surface area contributed by atoms with Crippen molar-refractivity contribution in [3.05, 3.63) is 30.5 Å². The van der Waals surface area contributed by atoms with Gasteiger partial charge in [0.1, 0.15) is 6.33 Å². The van der Waals surface area contributed by atoms with Crippen LogP contribution in [0.25, 0.3) is 11.2 Å². The number of anilines is 2. The monoisotopic (exact) mass is 326 g/mol. The Kier molecular flexibility index (Phi) is 3.64. The normalized spacial score (nSPS) is 15.1. The second-order valence-corrected chi connectivity index (χ2v) is 5.62. The molecule has 0 radical (unpaired) electrons. The van der Waals surface area contributed by atoms with E-state index in [0.29, 0.717) is 17.5 Å². The third kappa shape index (κ3) is 2.60. The molecule has 1 saturated heterocycles. The van der Waals surface area contributed by atoms with Crippen LogP contribution < -0.4 is 14.5 Å². The summed E-state index contributed by atoms with van der Waals surface area (Å²) >= 11 is 0. The van der Waals surface area contributed by atoms with Gasteiger partial charge < -0.3 is 19.0 Å². The molecule has 0 spiro atoms. The summed E-state index contributed by atoms with van der Waals surface area (Å²) in [7, 11) is 1.62. The van der Waals surface area contributed by atoms with Crippen LogP contribution in [0.3, 0.4) is 0 Å². The standard InChI is InChI=1S/C16H18N6O2/c1-11-20-14-15(18-10-19-16(14)24-11)22-7-5-21(6-8-22)12-3-4-13(23-2)17-9-12/h3-4,9-10H,5-8H2,1-2H3. The molecule has 3 aromatic heterocycles. The van der Waals surface area contributed by atoms with Crippen LogP contribution >= 0.6 is 0 Å². The Morgan fingerprint density at radius 1 is 1.04 bits per heavy atom. The van der Waals surface area contributed by atoms with E-state index in [2.05, 4.69) is 29.7 Å². The summed E-state index contributed by atoms with van der Waals surface area (Å²) in [4.78, 5) is 21.8. The number of pyridine rings is 1. The highest BCUT2D eigenvalue weighted by Gasteiger charge is 2.22. The molecule has 0 atom stereocenters. The topological polar surface area (TPSA) is 80.4 Å². The second kappa shape index (κ2) is 5.95. The number of nitrogens with zero attached hydrogens (tertiary/aromatic N) is 6. The van der Waals surface area contributed by atoms with Gasteiger partial charge in [-0.25, -0.2) is 15.0 Å². The van der Waals surface area contributed by atoms with Gasteiger partial charge >= 0.3 is 0 Å². The van der Waals surface area contributed by atoms with Crippen molar-refractivity contribution in [3.8, 4) is 5.88 Å². The summed E-state index contributed by atoms with van der Waals surface area (Å²) in [5, 5.41) is 0. The fourth-order valence-electron chi connectivity index (χ4n) is 2.93. The number of rotatable bonds is 3. The highest BCUT2D eigenvalue weighted by Crippen LogP contribution is 2.25. The average Bonchev–Trinajstić information content (AvgIpc) is 3.02. The average molecular weight is 326 g/mol. The molecule has 4 rings (SSSR count). The van der Waals surface area contributed by atoms with Crippen LogP contribution in [-0.2, 0) is 0 Å². The van der Waals surface area contributed by atoms with Gasteiger partial charge in [-0.15, -0.1) is 0 Å². The number of hydrogen-bond donors (Lipinski definition) is 0. The lowest BCUT2D eigenvalue weighted by atomic mass is 10.2. The third-order valence-electron chi connectivity index (χ3n) is 4.16. The van der Waals surface area contributed by atoms with E-state index in [4.69, 9.17) is 9.15 Å². The zero-order valence-electron chi connectivity index (χ0n) is 13.6. The Balaban J connectivity index is 1.50. The molecule has 4 heterocycles. The molecular formula is C16H18N6O2. The van der Waals surface area contributed by atoms with Crippen LogP contribution in [0, 0.1) is 6.92 Å². The van der Waals surface area contributed by atoms with Crippen molar-refractivity contribution in [2.75, 3.05) is 43.1 Å². The maximum atomic E-state index is 5.49. The van der Waals surface area contributed by atoms with Crippen LogP contribution in [-0.4, -0.2) is 53.2 Å². The Hall–Kier alpha value is -2.90. The lowest BCUT2D eigenvalue weighted by Gasteiger charge is -2.36. The van der Waals surface area contributed by atoms with Crippen molar-refractivity contribution in [2.45, 2.75) is 6.92 Å². The van der Waals surface area contributed by atoms with Gasteiger partial charge in [-0.2, -0.15) is 4.98 Å². The van der Waals surface area contributed by atoms with Crippen molar-refractivity contribution < 1.29 is 9.15 Å². The minimum Gasteiger partial charge on any atom is -0.481 e. The first-order valence-electron chi connectivity index (χ1n) is 7.82. The summed E-state index contributed by atoms with van der Waals surface area (Å²) in [5.74, 6) is 2.07. The zero-order chi connectivity index (χ0) is 16.5. The largest absolute Gasteiger partial charge is 0.481 e. The van der Waals surface area contributed by atoms with Gasteiger partial charge in [0.25, 0.3) is 5.71 Å². The van der Waals surface area contributed by atoms with Crippen molar-refractivity contribution >= 4 is 22.7 Å². The number of aryl methyl sites for hydroxylation is 1. The van der Waals surface area contributed by atoms with Gasteiger partial charge in [-0.05, 0) is 6.07 Å². The molecule has 0 bridgehead atoms. The van der Waals surface area contributed by atoms with Crippen molar-refractivity contribution in [1.29, 1.82) is 0 Å². The molecule has 0 unspecified atom stereocenters. The Morgan fingerprint density at radius 2 is 1.83 bits per heavy atom. The second-order valence-electron chi connectivity index (χ2n) is 5.62. The molecule has 8 nitrogen and oxygen atoms in total. The molecule has 0 aliphatic carbocycles. The number of fused-ring (bicyclic) bond motifs is 1. The summed E-state index contributed by atoms with van der Waals surface area (Å²) < 4.78 is 10.6. The van der Waals surface area contributed by atoms with E-state index in [9.17, 15) is 0 Å². The smallest absolute Gasteiger partial charge is 0.252 e. The van der Waals surface area contributed by atoms with Gasteiger partial charge in [0.2, 0.25) is 5.88 Å². The van der Waals surface area contributed by atoms with Crippen molar-refractivity contribution in [2.24, 2.45) is 0 Å². The number of aromatic nitrogens is 4. The van der Waals surface area contributed by atoms with Gasteiger partial charge in [-0.3, -0.25) is 0 Å². The highest BCUT2D eigenvalue weighted by molar-refractivity contribution is 5.81. The maximum absolute atomic E-state index is 5.49. The lowest BCUT2D eigenvalue weighted by molar-refractivity contribution is 0.398. The first-order valence-corrected chi connectivity index (χ1v) is 7.82. The van der Waals surface area contributed by atoms with E-state index in [1.807, 2.05) is 25.3 Å². The highest BCUT2D eigenvalue weighted by atomic mass is 16.5. The van der Waals surface area contributed by atoms with Crippen LogP contribution in [0.15, 0.2) is 29.1 Å². The predicted octanol–water partition coefficient (Wildman–Crippen LogP) is 1.66. The minimum atomic E-state index is 0.541. The van der Waals surface area contributed by atoms with E-state index >= 15 is 0 Å². The van der Waals surface area contributed by atoms with Gasteiger partial charge in [-0.1, -0.05) is 0 Å². The predicted molar refractivity (Wildman–Crippen MR) is 89.6 cm³/mol. The van der Waals surface area contributed by atoms with Crippen LogP contribution in [0.5, 0.6) is 5.88 Å². The Bertz CT molecular complexity index is 839. The minimum absolute atomic E-state index is 0.541. The molecule has 3 aromatic rings. The van der Waals surface area contributed by atoms with Crippen LogP contribution in [0.1, 0.15) is 5.89 Å². The first-order chi connectivity index (χ1) is 11.7. The van der Waals surface area contributed by atoms with Gasteiger partial charge in [0, 0.05) is 39.2 Å². The van der Waals surface area contributed by atoms with Gasteiger partial charge in [0.05, 0.1) is 19.0 Å². The molecule has 0 amide bonds. The number of hydrogen-bond acceptors (Lipinski definition) is 8. The number of oxazole rings is 1. The van der Waals surface area contributed by atoms with Crippen LogP contribution in [0.4, 0.5) is 11.5 Å². The van der Waals surface area contributed by atoms with Crippen molar-refractivity contribution in [1.82, 2.24) is 19.9 Å². The summed E-state index contributed by atoms with van der Waals surface area (Å²) in [5.41, 5.74) is 2.37. The molecule has 8 heteroatoms. The summed E-state index contributed by atoms with van der Waals surface area (Å²) in [6.45, 7) is 5.29. The van der Waals surface area contributed by atoms with Crippen molar-refractivity contribution in [3.63, 3.8) is 0 Å². The molecule has 0 N–H and O–H groups in total. The fourth-order valence-corrected chi connectivity index (χ4v) is 2.93. The summed E-state index contributed by atoms with van der Waals surface area (Å²) in [6.07, 6.45) is 3.38. The Labute approximate surface area is 139 Å². The molecule has 24 heavy (non-hydrogen) atoms. The Morgan fingerprint density at radius 3 is 2.54 bits per heavy atom. The maximum Gasteiger partial charge on any atom is 0.252 e. The van der Waals surface area contributed by atoms with E-state index in [0.717, 1.165) is 43.2 Å². The number of methoxy groups -OCH3 is 1. The molecule has 1 aliphatic rings. The first kappa shape index (κ1) is 14.7. The third-order valence-corrected chi connectivity index (χ3v) is 4.16. The van der Waals surface area contributed by atoms with Gasteiger partial charge in [0.15, 0.2) is 17.2 Å². The molecule has 0 saturated carbocycles. The molecular weight excluding hydrogens is 308 g/mol. The summed E-state index contributed by atoms with van der Waals surface area (Å²) in [6, 6.07) is 3.92. The van der Waals surface area contributed by atoms with Crippen LogP contribution in [0.2, 0.25) is 0 Å². The SMILES string of the molecule is COc1ccc(N2CCN(c3ncnc4oc(C)nc34)CC2)cn1. The molecule has 124 valence electrons. The number of ether oxygens (including phenoxy) is 1. The molecule has 0 aromatic carbocycles. The van der Waals surface area contributed by atoms with E-state index in [1.165, 1.54) is 6.33 Å². The lowest BCUT2D eigenvalue weighted by Crippen LogP contribution is -2.47. The van der Waals surface area contributed by atoms with E-state index in [-0.39, 0.29) is 0 Å². The fraction of sp³-hybridized carbons (Fsp3) is 0.375. The zero-order valence-corrected chi connectivity index (χ0v) is 13.6. The van der Waals surface area contributed by atoms with E-state index < -0.39 is 0 Å².